The van der Waals surface area contributed by atoms with Gasteiger partial charge in [-0.3, -0.25) is 4.79 Å². The van der Waals surface area contributed by atoms with Crippen molar-refractivity contribution in [1.82, 2.24) is 4.98 Å². The van der Waals surface area contributed by atoms with E-state index in [1.165, 1.54) is 0 Å². The molecule has 1 rings (SSSR count). The number of amides is 1. The fraction of sp³-hybridized carbons (Fsp3) is 0.111. The van der Waals surface area contributed by atoms with Gasteiger partial charge in [0.15, 0.2) is 0 Å². The minimum absolute atomic E-state index is 0.0490. The molecule has 0 saturated carbocycles. The first-order valence-corrected chi connectivity index (χ1v) is 3.90. The highest BCUT2D eigenvalue weighted by Crippen LogP contribution is 2.28. The van der Waals surface area contributed by atoms with Crippen LogP contribution in [0.25, 0.3) is 0 Å². The molecule has 15 heavy (non-hydrogen) atoms. The van der Waals surface area contributed by atoms with Crippen LogP contribution < -0.4 is 5.32 Å². The van der Waals surface area contributed by atoms with Crippen molar-refractivity contribution < 1.29 is 18.0 Å². The van der Waals surface area contributed by atoms with E-state index >= 15 is 0 Å². The highest BCUT2D eigenvalue weighted by molar-refractivity contribution is 5.98. The average Bonchev–Trinajstić information content (AvgIpc) is 2.17. The van der Waals surface area contributed by atoms with Gasteiger partial charge in [0.05, 0.1) is 5.56 Å². The highest BCUT2D eigenvalue weighted by Gasteiger charge is 2.30. The number of nitrogens with one attached hydrogen (secondary N) is 1. The molecule has 6 heteroatoms. The molecular weight excluding hydrogens is 209 g/mol. The summed E-state index contributed by atoms with van der Waals surface area (Å²) in [5.74, 6) is -0.477. The van der Waals surface area contributed by atoms with Gasteiger partial charge >= 0.3 is 6.18 Å². The van der Waals surface area contributed by atoms with Crippen LogP contribution in [0.15, 0.2) is 31.0 Å². The van der Waals surface area contributed by atoms with E-state index in [-0.39, 0.29) is 5.82 Å². The van der Waals surface area contributed by atoms with Crippen LogP contribution in [0.2, 0.25) is 0 Å². The van der Waals surface area contributed by atoms with Gasteiger partial charge in [-0.15, -0.1) is 0 Å². The number of aromatic nitrogens is 1. The third-order valence-corrected chi connectivity index (χ3v) is 1.53. The smallest absolute Gasteiger partial charge is 0.307 e. The van der Waals surface area contributed by atoms with Crippen molar-refractivity contribution in [3.63, 3.8) is 0 Å². The van der Waals surface area contributed by atoms with E-state index < -0.39 is 17.6 Å². The number of hydrogen-bond acceptors (Lipinski definition) is 2. The average molecular weight is 216 g/mol. The predicted octanol–water partition coefficient (Wildman–Crippen LogP) is 2.22. The van der Waals surface area contributed by atoms with Crippen molar-refractivity contribution >= 4 is 11.7 Å². The predicted molar refractivity (Wildman–Crippen MR) is 48.1 cm³/mol. The minimum Gasteiger partial charge on any atom is -0.307 e. The Balaban J connectivity index is 2.81. The normalized spacial score (nSPS) is 10.9. The van der Waals surface area contributed by atoms with Gasteiger partial charge in [-0.05, 0) is 18.2 Å². The Hall–Kier alpha value is -1.85. The number of alkyl halides is 3. The van der Waals surface area contributed by atoms with Crippen LogP contribution in [0.5, 0.6) is 0 Å². The molecule has 0 aromatic carbocycles. The van der Waals surface area contributed by atoms with Crippen LogP contribution in [0.1, 0.15) is 5.56 Å². The molecule has 1 N–H and O–H groups in total. The van der Waals surface area contributed by atoms with Crippen molar-refractivity contribution in [2.75, 3.05) is 5.32 Å². The zero-order chi connectivity index (χ0) is 11.5. The van der Waals surface area contributed by atoms with Crippen LogP contribution in [-0.2, 0) is 11.0 Å². The van der Waals surface area contributed by atoms with Gasteiger partial charge in [0.2, 0.25) is 5.91 Å². The molecule has 0 fully saturated rings. The summed E-state index contributed by atoms with van der Waals surface area (Å²) in [6, 6.07) is 1.91. The molecule has 0 bridgehead atoms. The third-order valence-electron chi connectivity index (χ3n) is 1.53. The van der Waals surface area contributed by atoms with Crippen molar-refractivity contribution in [1.29, 1.82) is 0 Å². The van der Waals surface area contributed by atoms with Crippen LogP contribution in [0.4, 0.5) is 19.0 Å². The maximum Gasteiger partial charge on any atom is 0.417 e. The lowest BCUT2D eigenvalue weighted by Gasteiger charge is -2.06. The molecule has 80 valence electrons. The second-order valence-corrected chi connectivity index (χ2v) is 2.62. The number of halogens is 3. The Morgan fingerprint density at radius 3 is 2.53 bits per heavy atom. The van der Waals surface area contributed by atoms with E-state index in [9.17, 15) is 18.0 Å². The van der Waals surface area contributed by atoms with E-state index in [2.05, 4.69) is 16.9 Å². The second-order valence-electron chi connectivity index (χ2n) is 2.62. The van der Waals surface area contributed by atoms with E-state index in [0.29, 0.717) is 6.20 Å². The SMILES string of the molecule is C=CC(=O)Nc1ccc(C(F)(F)F)cn1. The Kier molecular flexibility index (Phi) is 3.08. The number of hydrogen-bond donors (Lipinski definition) is 1. The highest BCUT2D eigenvalue weighted by atomic mass is 19.4. The zero-order valence-corrected chi connectivity index (χ0v) is 7.51. The number of anilines is 1. The van der Waals surface area contributed by atoms with Gasteiger partial charge in [-0.2, -0.15) is 13.2 Å². The monoisotopic (exact) mass is 216 g/mol. The lowest BCUT2D eigenvalue weighted by Crippen LogP contribution is -2.10. The summed E-state index contributed by atoms with van der Waals surface area (Å²) in [4.78, 5) is 14.2. The van der Waals surface area contributed by atoms with Gasteiger partial charge in [0.25, 0.3) is 0 Å². The van der Waals surface area contributed by atoms with Gasteiger partial charge in [-0.1, -0.05) is 6.58 Å². The number of carbonyl (C=O) groups excluding carboxylic acids is 1. The first kappa shape index (κ1) is 11.2. The zero-order valence-electron chi connectivity index (χ0n) is 7.51. The van der Waals surface area contributed by atoms with Gasteiger partial charge in [0, 0.05) is 6.20 Å². The number of rotatable bonds is 2. The fourth-order valence-corrected chi connectivity index (χ4v) is 0.813. The topological polar surface area (TPSA) is 42.0 Å². The molecule has 3 nitrogen and oxygen atoms in total. The molecule has 1 aromatic rings. The van der Waals surface area contributed by atoms with E-state index in [4.69, 9.17) is 0 Å². The maximum atomic E-state index is 12.1. The molecule has 0 radical (unpaired) electrons. The third kappa shape index (κ3) is 3.08. The summed E-state index contributed by atoms with van der Waals surface area (Å²) in [6.07, 6.45) is -2.77. The van der Waals surface area contributed by atoms with E-state index in [0.717, 1.165) is 18.2 Å². The lowest BCUT2D eigenvalue weighted by molar-refractivity contribution is -0.137. The Morgan fingerprint density at radius 2 is 2.13 bits per heavy atom. The summed E-state index contributed by atoms with van der Waals surface area (Å²) >= 11 is 0. The van der Waals surface area contributed by atoms with Crippen LogP contribution in [0.3, 0.4) is 0 Å². The Bertz CT molecular complexity index is 370. The Labute approximate surface area is 83.6 Å². The molecule has 0 aliphatic carbocycles. The number of pyridine rings is 1. The van der Waals surface area contributed by atoms with Gasteiger partial charge in [-0.25, -0.2) is 4.98 Å². The van der Waals surface area contributed by atoms with Gasteiger partial charge < -0.3 is 5.32 Å². The molecular formula is C9H7F3N2O. The molecule has 0 spiro atoms. The van der Waals surface area contributed by atoms with Crippen LogP contribution in [-0.4, -0.2) is 10.9 Å². The molecule has 1 aromatic heterocycles. The summed E-state index contributed by atoms with van der Waals surface area (Å²) in [5, 5.41) is 2.23. The summed E-state index contributed by atoms with van der Waals surface area (Å²) in [5.41, 5.74) is -0.862. The molecule has 0 atom stereocenters. The molecule has 0 unspecified atom stereocenters. The van der Waals surface area contributed by atoms with E-state index in [1.54, 1.807) is 0 Å². The first-order valence-electron chi connectivity index (χ1n) is 3.90. The van der Waals surface area contributed by atoms with Crippen molar-refractivity contribution in [3.05, 3.63) is 36.5 Å². The molecule has 0 aliphatic heterocycles. The van der Waals surface area contributed by atoms with Crippen molar-refractivity contribution in [2.45, 2.75) is 6.18 Å². The first-order chi connectivity index (χ1) is 6.93. The molecule has 0 aliphatic rings. The minimum atomic E-state index is -4.42. The second kappa shape index (κ2) is 4.12. The fourth-order valence-electron chi connectivity index (χ4n) is 0.813. The quantitative estimate of drug-likeness (QED) is 0.770. The maximum absolute atomic E-state index is 12.1. The van der Waals surface area contributed by atoms with Crippen molar-refractivity contribution in [3.8, 4) is 0 Å². The van der Waals surface area contributed by atoms with E-state index in [1.807, 2.05) is 0 Å². The summed E-state index contributed by atoms with van der Waals surface area (Å²) in [6.45, 7) is 3.19. The Morgan fingerprint density at radius 1 is 1.47 bits per heavy atom. The number of nitrogens with zero attached hydrogens (tertiary/aromatic N) is 1. The molecule has 0 saturated heterocycles. The number of carbonyl (C=O) groups is 1. The summed E-state index contributed by atoms with van der Waals surface area (Å²) in [7, 11) is 0. The molecule has 1 heterocycles. The van der Waals surface area contributed by atoms with Gasteiger partial charge in [0.1, 0.15) is 5.82 Å². The lowest BCUT2D eigenvalue weighted by atomic mass is 10.3. The van der Waals surface area contributed by atoms with Crippen LogP contribution >= 0.6 is 0 Å². The standard InChI is InChI=1S/C9H7F3N2O/c1-2-8(15)14-7-4-3-6(5-13-7)9(10,11)12/h2-5H,1H2,(H,13,14,15). The largest absolute Gasteiger partial charge is 0.417 e. The summed E-state index contributed by atoms with van der Waals surface area (Å²) < 4.78 is 36.3. The molecule has 1 amide bonds. The van der Waals surface area contributed by atoms with Crippen molar-refractivity contribution in [2.24, 2.45) is 0 Å². The van der Waals surface area contributed by atoms with Crippen LogP contribution in [0, 0.1) is 0 Å².